The summed E-state index contributed by atoms with van der Waals surface area (Å²) >= 11 is 0. The van der Waals surface area contributed by atoms with Gasteiger partial charge in [0.2, 0.25) is 0 Å². The van der Waals surface area contributed by atoms with Crippen LogP contribution in [0.5, 0.6) is 0 Å². The van der Waals surface area contributed by atoms with Gasteiger partial charge in [-0.15, -0.1) is 0 Å². The molecular formula is C69H42N6O. The summed E-state index contributed by atoms with van der Waals surface area (Å²) in [5.41, 5.74) is 16.3. The third-order valence-electron chi connectivity index (χ3n) is 15.3. The number of rotatable bonds is 7. The standard InChI is InChI=1S/C69H42N6O/c1-4-18-43(19-5-1)44-32-34-46(35-33-44)68-70-67(45-20-6-2-7-21-45)71-69(72-68)53-37-39-61(65-52-27-13-17-31-62(52)76-66(53)65)75-58-38-36-48(74-55-28-14-10-24-49(55)50-25-11-15-29-56(50)74)42-54(58)64-60(75)41-40-59-63(64)51-26-12-16-30-57(51)73(59)47-22-8-3-9-23-47/h1-42H. The molecule has 76 heavy (non-hydrogen) atoms. The quantitative estimate of drug-likeness (QED) is 0.160. The summed E-state index contributed by atoms with van der Waals surface area (Å²) in [4.78, 5) is 15.7. The van der Waals surface area contributed by atoms with E-state index in [2.05, 4.69) is 226 Å². The zero-order valence-corrected chi connectivity index (χ0v) is 40.8. The summed E-state index contributed by atoms with van der Waals surface area (Å²) in [6, 6.07) is 90.3. The molecule has 0 unspecified atom stereocenters. The molecule has 0 saturated heterocycles. The van der Waals surface area contributed by atoms with Gasteiger partial charge in [-0.05, 0) is 90.0 Å². The van der Waals surface area contributed by atoms with E-state index < -0.39 is 0 Å². The van der Waals surface area contributed by atoms with E-state index in [1.54, 1.807) is 0 Å². The van der Waals surface area contributed by atoms with Crippen LogP contribution < -0.4 is 0 Å². The lowest BCUT2D eigenvalue weighted by Gasteiger charge is -2.13. The van der Waals surface area contributed by atoms with E-state index in [1.807, 2.05) is 42.5 Å². The molecule has 0 aliphatic rings. The minimum absolute atomic E-state index is 0.528. The highest BCUT2D eigenvalue weighted by Gasteiger charge is 2.26. The third-order valence-corrected chi connectivity index (χ3v) is 15.3. The van der Waals surface area contributed by atoms with Crippen molar-refractivity contribution in [3.63, 3.8) is 0 Å². The van der Waals surface area contributed by atoms with Crippen LogP contribution in [0.1, 0.15) is 0 Å². The van der Waals surface area contributed by atoms with Crippen molar-refractivity contribution in [1.82, 2.24) is 28.7 Å². The van der Waals surface area contributed by atoms with Crippen molar-refractivity contribution in [2.75, 3.05) is 0 Å². The lowest BCUT2D eigenvalue weighted by Crippen LogP contribution is -2.01. The van der Waals surface area contributed by atoms with E-state index in [-0.39, 0.29) is 0 Å². The van der Waals surface area contributed by atoms with E-state index in [1.165, 1.54) is 38.0 Å². The van der Waals surface area contributed by atoms with Gasteiger partial charge in [0.1, 0.15) is 11.2 Å². The number of hydrogen-bond acceptors (Lipinski definition) is 4. The van der Waals surface area contributed by atoms with E-state index in [0.29, 0.717) is 23.1 Å². The molecule has 0 fully saturated rings. The molecule has 0 amide bonds. The van der Waals surface area contributed by atoms with Crippen LogP contribution in [-0.2, 0) is 0 Å². The molecule has 11 aromatic carbocycles. The number of fused-ring (bicyclic) bond motifs is 13. The molecule has 7 nitrogen and oxygen atoms in total. The van der Waals surface area contributed by atoms with Crippen LogP contribution in [0.2, 0.25) is 0 Å². The molecule has 0 N–H and O–H groups in total. The fourth-order valence-corrected chi connectivity index (χ4v) is 12.0. The Morgan fingerprint density at radius 1 is 0.276 bits per heavy atom. The monoisotopic (exact) mass is 970 g/mol. The van der Waals surface area contributed by atoms with Gasteiger partial charge in [0.25, 0.3) is 0 Å². The fraction of sp³-hybridized carbons (Fsp3) is 0. The van der Waals surface area contributed by atoms with Crippen molar-refractivity contribution in [3.05, 3.63) is 255 Å². The predicted octanol–water partition coefficient (Wildman–Crippen LogP) is 17.7. The summed E-state index contributed by atoms with van der Waals surface area (Å²) < 4.78 is 14.3. The topological polar surface area (TPSA) is 66.6 Å². The second-order valence-corrected chi connectivity index (χ2v) is 19.5. The van der Waals surface area contributed by atoms with Gasteiger partial charge in [0.15, 0.2) is 17.5 Å². The van der Waals surface area contributed by atoms with Crippen LogP contribution in [0.3, 0.4) is 0 Å². The summed E-state index contributed by atoms with van der Waals surface area (Å²) in [5.74, 6) is 1.69. The normalized spacial score (nSPS) is 11.9. The highest BCUT2D eigenvalue weighted by Crippen LogP contribution is 2.47. The first-order valence-corrected chi connectivity index (χ1v) is 25.7. The highest BCUT2D eigenvalue weighted by molar-refractivity contribution is 6.30. The highest BCUT2D eigenvalue weighted by atomic mass is 16.3. The van der Waals surface area contributed by atoms with Gasteiger partial charge < -0.3 is 18.1 Å². The lowest BCUT2D eigenvalue weighted by atomic mass is 10.0. The molecule has 354 valence electrons. The van der Waals surface area contributed by atoms with Crippen molar-refractivity contribution >= 4 is 87.4 Å². The van der Waals surface area contributed by atoms with E-state index >= 15 is 0 Å². The smallest absolute Gasteiger partial charge is 0.167 e. The van der Waals surface area contributed by atoms with Crippen molar-refractivity contribution in [1.29, 1.82) is 0 Å². The van der Waals surface area contributed by atoms with Crippen LogP contribution in [-0.4, -0.2) is 28.7 Å². The SMILES string of the molecule is c1ccc(-c2ccc(-c3nc(-c4ccccc4)nc(-c4ccc(-n5c6ccc(-n7c8ccccc8c8ccccc87)cc6c6c7c8ccccc8n(-c8ccccc8)c7ccc65)c5c4oc4ccccc45)n3)cc2)cc1. The van der Waals surface area contributed by atoms with E-state index in [0.717, 1.165) is 88.7 Å². The number of benzene rings is 11. The molecule has 0 aliphatic carbocycles. The number of hydrogen-bond donors (Lipinski definition) is 0. The molecule has 0 saturated carbocycles. The Labute approximate surface area is 435 Å². The third kappa shape index (κ3) is 6.33. The van der Waals surface area contributed by atoms with Crippen LogP contribution in [0.25, 0.3) is 150 Å². The minimum Gasteiger partial charge on any atom is -0.455 e. The molecule has 0 spiro atoms. The second kappa shape index (κ2) is 16.6. The Bertz CT molecular complexity index is 4920. The average Bonchev–Trinajstić information content (AvgIpc) is 4.27. The van der Waals surface area contributed by atoms with Crippen molar-refractivity contribution in [3.8, 4) is 62.4 Å². The lowest BCUT2D eigenvalue weighted by molar-refractivity contribution is 0.669. The van der Waals surface area contributed by atoms with Gasteiger partial charge in [-0.1, -0.05) is 176 Å². The molecule has 5 heterocycles. The molecule has 0 bridgehead atoms. The maximum absolute atomic E-state index is 7.07. The Morgan fingerprint density at radius 2 is 0.737 bits per heavy atom. The maximum atomic E-state index is 7.07. The molecule has 0 atom stereocenters. The van der Waals surface area contributed by atoms with E-state index in [9.17, 15) is 0 Å². The first-order valence-electron chi connectivity index (χ1n) is 25.7. The number of nitrogens with zero attached hydrogens (tertiary/aromatic N) is 6. The predicted molar refractivity (Wildman–Crippen MR) is 312 cm³/mol. The number of aromatic nitrogens is 6. The number of para-hydroxylation sites is 5. The van der Waals surface area contributed by atoms with Gasteiger partial charge in [-0.25, -0.2) is 15.0 Å². The molecule has 7 heteroatoms. The van der Waals surface area contributed by atoms with Crippen molar-refractivity contribution in [2.24, 2.45) is 0 Å². The molecule has 16 rings (SSSR count). The van der Waals surface area contributed by atoms with Crippen LogP contribution in [0, 0.1) is 0 Å². The fourth-order valence-electron chi connectivity index (χ4n) is 12.0. The summed E-state index contributed by atoms with van der Waals surface area (Å²) in [7, 11) is 0. The Hall–Kier alpha value is -10.4. The molecule has 0 aliphatic heterocycles. The second-order valence-electron chi connectivity index (χ2n) is 19.5. The van der Waals surface area contributed by atoms with Crippen LogP contribution in [0.15, 0.2) is 259 Å². The van der Waals surface area contributed by atoms with Gasteiger partial charge in [0.05, 0.1) is 49.7 Å². The Kier molecular flexibility index (Phi) is 9.20. The van der Waals surface area contributed by atoms with E-state index in [4.69, 9.17) is 19.4 Å². The molecule has 16 aromatic rings. The Balaban J connectivity index is 0.981. The Morgan fingerprint density at radius 3 is 1.42 bits per heavy atom. The largest absolute Gasteiger partial charge is 0.455 e. The molecule has 0 radical (unpaired) electrons. The summed E-state index contributed by atoms with van der Waals surface area (Å²) in [6.45, 7) is 0. The maximum Gasteiger partial charge on any atom is 0.167 e. The number of furan rings is 1. The summed E-state index contributed by atoms with van der Waals surface area (Å²) in [6.07, 6.45) is 0. The van der Waals surface area contributed by atoms with Crippen molar-refractivity contribution in [2.45, 2.75) is 0 Å². The van der Waals surface area contributed by atoms with Gasteiger partial charge in [0, 0.05) is 60.2 Å². The van der Waals surface area contributed by atoms with Crippen molar-refractivity contribution < 1.29 is 4.42 Å². The van der Waals surface area contributed by atoms with Gasteiger partial charge in [-0.2, -0.15) is 0 Å². The zero-order chi connectivity index (χ0) is 49.8. The first kappa shape index (κ1) is 42.2. The molecule has 5 aromatic heterocycles. The molecular weight excluding hydrogens is 929 g/mol. The van der Waals surface area contributed by atoms with Crippen LogP contribution >= 0.6 is 0 Å². The summed E-state index contributed by atoms with van der Waals surface area (Å²) in [5, 5.41) is 9.15. The minimum atomic E-state index is 0.528. The van der Waals surface area contributed by atoms with Gasteiger partial charge in [-0.3, -0.25) is 0 Å². The zero-order valence-electron chi connectivity index (χ0n) is 40.8. The first-order chi connectivity index (χ1) is 37.7. The van der Waals surface area contributed by atoms with Crippen LogP contribution in [0.4, 0.5) is 0 Å². The van der Waals surface area contributed by atoms with Gasteiger partial charge >= 0.3 is 0 Å². The average molecular weight is 971 g/mol.